The fourth-order valence-corrected chi connectivity index (χ4v) is 7.45. The van der Waals surface area contributed by atoms with Crippen LogP contribution in [0.5, 0.6) is 0 Å². The Morgan fingerprint density at radius 2 is 1.00 bits per heavy atom. The van der Waals surface area contributed by atoms with E-state index in [1.165, 1.54) is 38.9 Å². The number of furan rings is 2. The predicted octanol–water partition coefficient (Wildman–Crippen LogP) is 11.2. The number of hydrogen-bond acceptors (Lipinski definition) is 3. The molecule has 1 aliphatic rings. The molecule has 9 rings (SSSR count). The van der Waals surface area contributed by atoms with Gasteiger partial charge in [-0.1, -0.05) is 84.9 Å². The molecule has 3 heteroatoms. The molecule has 0 N–H and O–H groups in total. The number of hydrogen-bond donors (Lipinski definition) is 0. The molecular formula is C38H24O2S. The van der Waals surface area contributed by atoms with Crippen LogP contribution in [0.15, 0.2) is 130 Å². The second kappa shape index (κ2) is 8.89. The quantitative estimate of drug-likeness (QED) is 0.216. The summed E-state index contributed by atoms with van der Waals surface area (Å²) < 4.78 is 12.6. The summed E-state index contributed by atoms with van der Waals surface area (Å²) in [7, 11) is 0. The van der Waals surface area contributed by atoms with Gasteiger partial charge in [0.05, 0.1) is 0 Å². The molecule has 0 radical (unpaired) electrons. The molecule has 1 aliphatic heterocycles. The first-order valence-corrected chi connectivity index (χ1v) is 15.1. The highest BCUT2D eigenvalue weighted by Crippen LogP contribution is 2.43. The van der Waals surface area contributed by atoms with E-state index in [1.54, 1.807) is 0 Å². The van der Waals surface area contributed by atoms with Crippen molar-refractivity contribution in [2.24, 2.45) is 0 Å². The Kier molecular flexibility index (Phi) is 4.99. The zero-order chi connectivity index (χ0) is 26.9. The van der Waals surface area contributed by atoms with Crippen molar-refractivity contribution in [3.05, 3.63) is 132 Å². The van der Waals surface area contributed by atoms with Crippen LogP contribution in [0.2, 0.25) is 0 Å². The van der Waals surface area contributed by atoms with Gasteiger partial charge in [0, 0.05) is 38.6 Å². The Morgan fingerprint density at radius 3 is 1.80 bits per heavy atom. The van der Waals surface area contributed by atoms with Crippen molar-refractivity contribution in [2.75, 3.05) is 0 Å². The van der Waals surface area contributed by atoms with Gasteiger partial charge >= 0.3 is 0 Å². The number of fused-ring (bicyclic) bond motifs is 9. The van der Waals surface area contributed by atoms with Gasteiger partial charge in [-0.15, -0.1) is 0 Å². The first-order chi connectivity index (χ1) is 20.3. The minimum Gasteiger partial charge on any atom is -0.456 e. The van der Waals surface area contributed by atoms with Gasteiger partial charge in [-0.3, -0.25) is 0 Å². The van der Waals surface area contributed by atoms with E-state index in [9.17, 15) is 0 Å². The van der Waals surface area contributed by atoms with Crippen LogP contribution in [0.25, 0.3) is 77.3 Å². The molecule has 0 unspecified atom stereocenters. The highest BCUT2D eigenvalue weighted by Gasteiger charge is 2.19. The fourth-order valence-electron chi connectivity index (χ4n) is 6.40. The summed E-state index contributed by atoms with van der Waals surface area (Å²) in [5.74, 6) is 2.00. The van der Waals surface area contributed by atoms with Crippen LogP contribution in [0.3, 0.4) is 0 Å². The van der Waals surface area contributed by atoms with E-state index < -0.39 is 0 Å². The van der Waals surface area contributed by atoms with Gasteiger partial charge in [-0.2, -0.15) is 11.8 Å². The zero-order valence-corrected chi connectivity index (χ0v) is 23.0. The van der Waals surface area contributed by atoms with Crippen LogP contribution in [-0.4, -0.2) is 0 Å². The molecular weight excluding hydrogens is 520 g/mol. The van der Waals surface area contributed by atoms with Crippen LogP contribution in [-0.2, 0) is 11.5 Å². The fraction of sp³-hybridized carbons (Fsp3) is 0.0526. The molecule has 0 aliphatic carbocycles. The van der Waals surface area contributed by atoms with Crippen molar-refractivity contribution in [2.45, 2.75) is 11.5 Å². The summed E-state index contributed by atoms with van der Waals surface area (Å²) in [5.41, 5.74) is 13.8. The standard InChI is InChI=1S/C38H24O2S/c1-3-10-35-29(6-1)31-17-16-24(20-37(31)39-35)23-12-14-26-21-41-22-27-15-13-25(19-34(27)33(26)18-23)28-8-5-9-32-30-7-2-4-11-36(30)40-38(28)32/h1-20H,21-22H2. The van der Waals surface area contributed by atoms with Crippen LogP contribution < -0.4 is 0 Å². The van der Waals surface area contributed by atoms with E-state index in [2.05, 4.69) is 97.1 Å². The topological polar surface area (TPSA) is 26.3 Å². The lowest BCUT2D eigenvalue weighted by atomic mass is 9.90. The summed E-state index contributed by atoms with van der Waals surface area (Å²) in [4.78, 5) is 0. The van der Waals surface area contributed by atoms with Gasteiger partial charge in [0.25, 0.3) is 0 Å². The molecule has 0 atom stereocenters. The first kappa shape index (κ1) is 23.0. The third-order valence-electron chi connectivity index (χ3n) is 8.45. The number of para-hydroxylation sites is 3. The van der Waals surface area contributed by atoms with E-state index in [-0.39, 0.29) is 0 Å². The maximum atomic E-state index is 6.40. The van der Waals surface area contributed by atoms with Crippen LogP contribution in [0.1, 0.15) is 11.1 Å². The van der Waals surface area contributed by atoms with Gasteiger partial charge in [0.1, 0.15) is 22.3 Å². The lowest BCUT2D eigenvalue weighted by molar-refractivity contribution is 0.669. The van der Waals surface area contributed by atoms with Crippen molar-refractivity contribution in [1.29, 1.82) is 0 Å². The maximum absolute atomic E-state index is 6.40. The number of rotatable bonds is 2. The smallest absolute Gasteiger partial charge is 0.143 e. The SMILES string of the molecule is c1ccc2c(c1)oc1cc(-c3ccc4c(c3)-c3cc(-c5cccc6c5oc5ccccc56)ccc3CSC4)ccc12. The van der Waals surface area contributed by atoms with E-state index in [1.807, 2.05) is 36.0 Å². The van der Waals surface area contributed by atoms with Crippen LogP contribution in [0, 0.1) is 0 Å². The van der Waals surface area contributed by atoms with Crippen molar-refractivity contribution < 1.29 is 8.83 Å². The largest absolute Gasteiger partial charge is 0.456 e. The summed E-state index contributed by atoms with van der Waals surface area (Å²) in [5, 5.41) is 4.64. The normalized spacial score (nSPS) is 13.1. The maximum Gasteiger partial charge on any atom is 0.143 e. The predicted molar refractivity (Wildman–Crippen MR) is 172 cm³/mol. The van der Waals surface area contributed by atoms with Gasteiger partial charge in [-0.25, -0.2) is 0 Å². The molecule has 0 bridgehead atoms. The van der Waals surface area contributed by atoms with Gasteiger partial charge in [0.15, 0.2) is 0 Å². The molecule has 0 saturated heterocycles. The van der Waals surface area contributed by atoms with Crippen LogP contribution >= 0.6 is 11.8 Å². The molecule has 3 heterocycles. The third kappa shape index (κ3) is 3.59. The van der Waals surface area contributed by atoms with Gasteiger partial charge < -0.3 is 8.83 Å². The van der Waals surface area contributed by atoms with Crippen molar-refractivity contribution >= 4 is 55.6 Å². The monoisotopic (exact) mass is 544 g/mol. The van der Waals surface area contributed by atoms with E-state index in [4.69, 9.17) is 8.83 Å². The van der Waals surface area contributed by atoms with E-state index in [0.717, 1.165) is 60.9 Å². The molecule has 0 spiro atoms. The van der Waals surface area contributed by atoms with Crippen molar-refractivity contribution in [3.63, 3.8) is 0 Å². The molecule has 2 aromatic heterocycles. The highest BCUT2D eigenvalue weighted by molar-refractivity contribution is 7.97. The van der Waals surface area contributed by atoms with E-state index >= 15 is 0 Å². The Morgan fingerprint density at radius 1 is 0.415 bits per heavy atom. The lowest BCUT2D eigenvalue weighted by Crippen LogP contribution is -1.91. The Labute approximate surface area is 241 Å². The third-order valence-corrected chi connectivity index (χ3v) is 9.48. The molecule has 8 aromatic rings. The van der Waals surface area contributed by atoms with E-state index in [0.29, 0.717) is 0 Å². The lowest BCUT2D eigenvalue weighted by Gasteiger charge is -2.14. The highest BCUT2D eigenvalue weighted by atomic mass is 32.2. The summed E-state index contributed by atoms with van der Waals surface area (Å²) in [6, 6.07) is 43.5. The Balaban J connectivity index is 1.20. The zero-order valence-electron chi connectivity index (χ0n) is 22.2. The molecule has 0 amide bonds. The minimum atomic E-state index is 0.927. The minimum absolute atomic E-state index is 0.927. The number of thioether (sulfide) groups is 1. The Hall–Kier alpha value is -4.73. The molecule has 194 valence electrons. The Bertz CT molecular complexity index is 2300. The van der Waals surface area contributed by atoms with Gasteiger partial charge in [0.2, 0.25) is 0 Å². The van der Waals surface area contributed by atoms with Crippen molar-refractivity contribution in [1.82, 2.24) is 0 Å². The van der Waals surface area contributed by atoms with Crippen LogP contribution in [0.4, 0.5) is 0 Å². The number of benzene rings is 6. The van der Waals surface area contributed by atoms with Gasteiger partial charge in [-0.05, 0) is 75.3 Å². The molecule has 0 saturated carbocycles. The van der Waals surface area contributed by atoms with Crippen molar-refractivity contribution in [3.8, 4) is 33.4 Å². The molecule has 41 heavy (non-hydrogen) atoms. The first-order valence-electron chi connectivity index (χ1n) is 14.0. The summed E-state index contributed by atoms with van der Waals surface area (Å²) >= 11 is 1.98. The second-order valence-electron chi connectivity index (χ2n) is 10.8. The average Bonchev–Trinajstić information content (AvgIpc) is 3.53. The molecule has 2 nitrogen and oxygen atoms in total. The summed E-state index contributed by atoms with van der Waals surface area (Å²) in [6.45, 7) is 0. The average molecular weight is 545 g/mol. The second-order valence-corrected chi connectivity index (χ2v) is 11.8. The molecule has 0 fully saturated rings. The summed E-state index contributed by atoms with van der Waals surface area (Å²) in [6.07, 6.45) is 0. The molecule has 6 aromatic carbocycles.